The van der Waals surface area contributed by atoms with Gasteiger partial charge in [0.1, 0.15) is 13.1 Å². The Hall–Kier alpha value is -2.04. The molecule has 164 valence electrons. The molecule has 0 saturated heterocycles. The molecule has 2 nitrogen and oxygen atoms in total. The van der Waals surface area contributed by atoms with E-state index in [1.165, 1.54) is 81.6 Å². The minimum Gasteiger partial charge on any atom is -0.198 e. The van der Waals surface area contributed by atoms with Crippen LogP contribution >= 0.6 is 23.5 Å². The first kappa shape index (κ1) is 21.8. The summed E-state index contributed by atoms with van der Waals surface area (Å²) in [5.74, 6) is 2.40. The SMILES string of the molecule is c1ccc2c(c1)c1cc[n+]2CCCCC[n+]2ccc(c3ccccc32)SCCCCCS1. The number of benzene rings is 2. The third-order valence-corrected chi connectivity index (χ3v) is 8.69. The van der Waals surface area contributed by atoms with E-state index in [0.717, 1.165) is 13.1 Å². The Morgan fingerprint density at radius 1 is 0.500 bits per heavy atom. The molecule has 0 fully saturated rings. The fraction of sp³-hybridized carbons (Fsp3) is 0.357. The monoisotopic (exact) mass is 460 g/mol. The van der Waals surface area contributed by atoms with Crippen molar-refractivity contribution in [2.45, 2.75) is 61.4 Å². The van der Waals surface area contributed by atoms with Crippen molar-refractivity contribution in [2.75, 3.05) is 11.5 Å². The molecule has 32 heavy (non-hydrogen) atoms. The first-order chi connectivity index (χ1) is 15.9. The largest absolute Gasteiger partial charge is 0.213 e. The van der Waals surface area contributed by atoms with E-state index in [0.29, 0.717) is 0 Å². The number of nitrogens with zero attached hydrogens (tertiary/aromatic N) is 2. The molecule has 4 bridgehead atoms. The lowest BCUT2D eigenvalue weighted by Gasteiger charge is -2.09. The van der Waals surface area contributed by atoms with Crippen LogP contribution in [-0.2, 0) is 13.1 Å². The van der Waals surface area contributed by atoms with Gasteiger partial charge < -0.3 is 0 Å². The highest BCUT2D eigenvalue weighted by Gasteiger charge is 2.15. The minimum absolute atomic E-state index is 1.09. The summed E-state index contributed by atoms with van der Waals surface area (Å²) in [7, 11) is 0. The van der Waals surface area contributed by atoms with Crippen molar-refractivity contribution in [3.8, 4) is 0 Å². The number of thioether (sulfide) groups is 2. The van der Waals surface area contributed by atoms with E-state index in [2.05, 4.69) is 82.2 Å². The van der Waals surface area contributed by atoms with Gasteiger partial charge in [-0.25, -0.2) is 0 Å². The van der Waals surface area contributed by atoms with Crippen molar-refractivity contribution in [3.05, 3.63) is 73.1 Å². The van der Waals surface area contributed by atoms with Gasteiger partial charge in [-0.05, 0) is 42.9 Å². The van der Waals surface area contributed by atoms with Crippen LogP contribution in [-0.4, -0.2) is 11.5 Å². The topological polar surface area (TPSA) is 7.76 Å². The molecule has 0 unspecified atom stereocenters. The van der Waals surface area contributed by atoms with Gasteiger partial charge >= 0.3 is 0 Å². The molecule has 4 heteroatoms. The average molecular weight is 461 g/mol. The summed E-state index contributed by atoms with van der Waals surface area (Å²) in [4.78, 5) is 2.87. The molecule has 2 aliphatic rings. The first-order valence-corrected chi connectivity index (χ1v) is 14.0. The van der Waals surface area contributed by atoms with E-state index in [-0.39, 0.29) is 0 Å². The van der Waals surface area contributed by atoms with Gasteiger partial charge in [-0.1, -0.05) is 30.7 Å². The molecule has 0 aliphatic carbocycles. The summed E-state index contributed by atoms with van der Waals surface area (Å²) in [5.41, 5.74) is 2.75. The van der Waals surface area contributed by atoms with E-state index >= 15 is 0 Å². The maximum absolute atomic E-state index is 2.45. The van der Waals surface area contributed by atoms with Gasteiger partial charge in [0.2, 0.25) is 11.0 Å². The number of rotatable bonds is 0. The van der Waals surface area contributed by atoms with E-state index in [9.17, 15) is 0 Å². The number of aryl methyl sites for hydroxylation is 2. The molecule has 2 aliphatic heterocycles. The standard InChI is InChI=1S/C28H32N2S2/c1-7-17-29-19-15-27(23-11-3-5-13-25(23)29)31-21-9-2-10-22-32-28-16-20-30(18-8-1)26-14-6-4-12-24(26)28/h3-6,11-16,19-20H,1-2,7-10,17-18,21-22H2/q+2. The zero-order chi connectivity index (χ0) is 21.6. The lowest BCUT2D eigenvalue weighted by molar-refractivity contribution is -0.675. The van der Waals surface area contributed by atoms with Crippen LogP contribution < -0.4 is 9.13 Å². The molecule has 2 aromatic carbocycles. The Morgan fingerprint density at radius 2 is 0.969 bits per heavy atom. The van der Waals surface area contributed by atoms with Crippen LogP contribution in [0.5, 0.6) is 0 Å². The number of fused-ring (bicyclic) bond motifs is 12. The van der Waals surface area contributed by atoms with Crippen molar-refractivity contribution in [1.29, 1.82) is 0 Å². The van der Waals surface area contributed by atoms with Crippen LogP contribution in [0, 0.1) is 0 Å². The molecule has 6 rings (SSSR count). The number of hydrogen-bond donors (Lipinski definition) is 0. The van der Waals surface area contributed by atoms with Gasteiger partial charge in [-0.2, -0.15) is 9.13 Å². The van der Waals surface area contributed by atoms with Gasteiger partial charge in [-0.3, -0.25) is 0 Å². The number of para-hydroxylation sites is 2. The molecule has 0 atom stereocenters. The fourth-order valence-corrected chi connectivity index (χ4v) is 6.76. The van der Waals surface area contributed by atoms with E-state index in [4.69, 9.17) is 0 Å². The Labute approximate surface area is 200 Å². The van der Waals surface area contributed by atoms with E-state index < -0.39 is 0 Å². The average Bonchev–Trinajstić information content (AvgIpc) is 2.84. The van der Waals surface area contributed by atoms with E-state index in [1.54, 1.807) is 0 Å². The second-order valence-corrected chi connectivity index (χ2v) is 10.9. The fourth-order valence-electron chi connectivity index (χ4n) is 4.65. The normalized spacial score (nSPS) is 16.5. The number of aromatic nitrogens is 2. The Kier molecular flexibility index (Phi) is 7.30. The van der Waals surface area contributed by atoms with Crippen LogP contribution in [0.25, 0.3) is 21.8 Å². The highest BCUT2D eigenvalue weighted by Crippen LogP contribution is 2.29. The maximum Gasteiger partial charge on any atom is 0.213 e. The van der Waals surface area contributed by atoms with Gasteiger partial charge in [0.05, 0.1) is 10.8 Å². The Balaban J connectivity index is 1.38. The minimum atomic E-state index is 1.09. The zero-order valence-electron chi connectivity index (χ0n) is 18.7. The second-order valence-electron chi connectivity index (χ2n) is 8.60. The van der Waals surface area contributed by atoms with Crippen molar-refractivity contribution in [3.63, 3.8) is 0 Å². The molecule has 0 spiro atoms. The molecule has 0 radical (unpaired) electrons. The van der Waals surface area contributed by atoms with Crippen LogP contribution in [0.3, 0.4) is 0 Å². The molecule has 0 saturated carbocycles. The predicted molar refractivity (Wildman–Crippen MR) is 137 cm³/mol. The van der Waals surface area contributed by atoms with Gasteiger partial charge in [0.25, 0.3) is 0 Å². The smallest absolute Gasteiger partial charge is 0.198 e. The quantitative estimate of drug-likeness (QED) is 0.266. The summed E-state index contributed by atoms with van der Waals surface area (Å²) < 4.78 is 4.90. The molecule has 2 aromatic heterocycles. The zero-order valence-corrected chi connectivity index (χ0v) is 20.3. The van der Waals surface area contributed by atoms with Crippen molar-refractivity contribution < 1.29 is 9.13 Å². The first-order valence-electron chi connectivity index (χ1n) is 12.0. The van der Waals surface area contributed by atoms with Crippen LogP contribution in [0.15, 0.2) is 82.8 Å². The van der Waals surface area contributed by atoms with Crippen molar-refractivity contribution >= 4 is 45.3 Å². The molecule has 4 heterocycles. The maximum atomic E-state index is 2.45. The van der Waals surface area contributed by atoms with Crippen molar-refractivity contribution in [2.24, 2.45) is 0 Å². The highest BCUT2D eigenvalue weighted by atomic mass is 32.2. The Morgan fingerprint density at radius 3 is 1.50 bits per heavy atom. The number of hydrogen-bond acceptors (Lipinski definition) is 2. The lowest BCUT2D eigenvalue weighted by Crippen LogP contribution is -2.35. The molecule has 0 N–H and O–H groups in total. The summed E-state index contributed by atoms with van der Waals surface area (Å²) >= 11 is 4.06. The molecular weight excluding hydrogens is 428 g/mol. The lowest BCUT2D eigenvalue weighted by atomic mass is 10.2. The van der Waals surface area contributed by atoms with E-state index in [1.807, 2.05) is 23.5 Å². The van der Waals surface area contributed by atoms with Crippen LogP contribution in [0.1, 0.15) is 38.5 Å². The van der Waals surface area contributed by atoms with Gasteiger partial charge in [-0.15, -0.1) is 23.5 Å². The summed E-state index contributed by atoms with van der Waals surface area (Å²) in [5, 5.41) is 2.82. The molecular formula is C28H32N2S2+2. The summed E-state index contributed by atoms with van der Waals surface area (Å²) in [6.07, 6.45) is 12.2. The van der Waals surface area contributed by atoms with Crippen molar-refractivity contribution in [1.82, 2.24) is 0 Å². The Bertz CT molecular complexity index is 1110. The van der Waals surface area contributed by atoms with Crippen LogP contribution in [0.2, 0.25) is 0 Å². The highest BCUT2D eigenvalue weighted by molar-refractivity contribution is 7.99. The third-order valence-electron chi connectivity index (χ3n) is 6.37. The van der Waals surface area contributed by atoms with Gasteiger partial charge in [0, 0.05) is 46.9 Å². The third kappa shape index (κ3) is 4.97. The second kappa shape index (κ2) is 10.7. The number of pyridine rings is 2. The molecule has 4 aromatic rings. The summed E-state index contributed by atoms with van der Waals surface area (Å²) in [6, 6.07) is 22.5. The van der Waals surface area contributed by atoms with Crippen LogP contribution in [0.4, 0.5) is 0 Å². The predicted octanol–water partition coefficient (Wildman–Crippen LogP) is 6.81. The summed E-state index contributed by atoms with van der Waals surface area (Å²) in [6.45, 7) is 2.18. The molecule has 0 amide bonds. The van der Waals surface area contributed by atoms with Gasteiger partial charge in [0.15, 0.2) is 12.4 Å².